The van der Waals surface area contributed by atoms with E-state index >= 15 is 0 Å². The van der Waals surface area contributed by atoms with Crippen molar-refractivity contribution in [3.63, 3.8) is 0 Å². The molecule has 0 heterocycles. The lowest BCUT2D eigenvalue weighted by atomic mass is 9.75. The highest BCUT2D eigenvalue weighted by molar-refractivity contribution is 8.00. The summed E-state index contributed by atoms with van der Waals surface area (Å²) < 4.78 is 85.3. The Morgan fingerprint density at radius 2 is 0.423 bits per heavy atom. The lowest BCUT2D eigenvalue weighted by Gasteiger charge is -2.34. The number of esters is 12. The van der Waals surface area contributed by atoms with Crippen LogP contribution in [0.4, 0.5) is 0 Å². The maximum absolute atomic E-state index is 13.9. The summed E-state index contributed by atoms with van der Waals surface area (Å²) >= 11 is 3.84. The van der Waals surface area contributed by atoms with Gasteiger partial charge in [-0.3, -0.25) is 57.5 Å². The van der Waals surface area contributed by atoms with E-state index in [0.717, 1.165) is 47.0 Å². The van der Waals surface area contributed by atoms with E-state index in [0.29, 0.717) is 0 Å². The second kappa shape index (κ2) is 44.2. The zero-order valence-electron chi connectivity index (χ0n) is 60.5. The van der Waals surface area contributed by atoms with Crippen molar-refractivity contribution < 1.29 is 133 Å². The molecule has 0 radical (unpaired) electrons. The smallest absolute Gasteiger partial charge is 0.315 e. The molecule has 0 saturated carbocycles. The number of thioether (sulfide) groups is 4. The molecule has 560 valence electrons. The van der Waals surface area contributed by atoms with E-state index in [-0.39, 0.29) is 102 Å². The zero-order valence-corrected chi connectivity index (χ0v) is 63.8. The van der Waals surface area contributed by atoms with Gasteiger partial charge in [-0.1, -0.05) is 0 Å². The first-order valence-electron chi connectivity index (χ1n) is 31.0. The Morgan fingerprint density at radius 1 is 0.247 bits per heavy atom. The summed E-state index contributed by atoms with van der Waals surface area (Å²) in [5.41, 5.74) is -12.2. The fourth-order valence-electron chi connectivity index (χ4n) is 10.3. The summed E-state index contributed by atoms with van der Waals surface area (Å²) in [5, 5.41) is 0. The van der Waals surface area contributed by atoms with Crippen LogP contribution in [0.5, 0.6) is 0 Å². The van der Waals surface area contributed by atoms with Crippen LogP contribution in [-0.2, 0) is 133 Å². The van der Waals surface area contributed by atoms with Gasteiger partial charge in [0.05, 0.1) is 121 Å². The molecule has 0 aliphatic carbocycles. The van der Waals surface area contributed by atoms with Gasteiger partial charge in [-0.25, -0.2) is 0 Å². The molecule has 0 N–H and O–H groups in total. The van der Waals surface area contributed by atoms with Crippen molar-refractivity contribution in [3.05, 3.63) is 0 Å². The van der Waals surface area contributed by atoms with Gasteiger partial charge in [-0.15, -0.1) is 47.0 Å². The van der Waals surface area contributed by atoms with Crippen LogP contribution >= 0.6 is 47.0 Å². The molecule has 0 aromatic carbocycles. The van der Waals surface area contributed by atoms with Gasteiger partial charge in [0.2, 0.25) is 0 Å². The van der Waals surface area contributed by atoms with E-state index in [9.17, 15) is 57.5 Å². The predicted octanol–water partition coefficient (Wildman–Crippen LogP) is 6.22. The number of carbonyl (C=O) groups is 12. The van der Waals surface area contributed by atoms with Crippen LogP contribution in [0.25, 0.3) is 0 Å². The van der Waals surface area contributed by atoms with E-state index in [1.165, 1.54) is 56.9 Å². The van der Waals surface area contributed by atoms with Crippen molar-refractivity contribution in [2.45, 2.75) is 109 Å². The second-order valence-corrected chi connectivity index (χ2v) is 31.0. The summed E-state index contributed by atoms with van der Waals surface area (Å²) in [4.78, 5) is 162. The van der Waals surface area contributed by atoms with Gasteiger partial charge in [-0.2, -0.15) is 0 Å². The van der Waals surface area contributed by atoms with Crippen LogP contribution in [0.2, 0.25) is 0 Å². The standard InChI is InChI=1S/C65H108O28S4/c1-57(2,49(70)86-25-21-78-13)33-61(9,53(74)82-17)41-94-29-45(66)90-37-65(38-91-46(67)30-95-42-62(10,54(75)83-18)34-58(3,4)50(71)87-26-22-79-14,39-92-47(68)31-96-43-63(11,55(76)84-19)35-59(5,6)51(72)88-27-23-80-15)40-93-48(69)32-97-44-64(12,56(77)85-20)36-60(7,8)52(73)89-28-24-81-16/h21-44H2,1-20H3. The molecule has 4 atom stereocenters. The quantitative estimate of drug-likeness (QED) is 0.0370. The highest BCUT2D eigenvalue weighted by atomic mass is 32.2. The molecule has 0 amide bonds. The first-order chi connectivity index (χ1) is 45.1. The molecular formula is C65H108O28S4. The second-order valence-electron chi connectivity index (χ2n) is 27.1. The van der Waals surface area contributed by atoms with Gasteiger partial charge in [0.25, 0.3) is 0 Å². The first-order valence-corrected chi connectivity index (χ1v) is 35.6. The summed E-state index contributed by atoms with van der Waals surface area (Å²) in [6.07, 6.45) is -0.285. The van der Waals surface area contributed by atoms with Crippen LogP contribution < -0.4 is 0 Å². The van der Waals surface area contributed by atoms with Crippen LogP contribution in [0, 0.1) is 48.7 Å². The van der Waals surface area contributed by atoms with Crippen molar-refractivity contribution in [3.8, 4) is 0 Å². The summed E-state index contributed by atoms with van der Waals surface area (Å²) in [6.45, 7) is 16.4. The Bertz CT molecular complexity index is 2220. The third-order valence-electron chi connectivity index (χ3n) is 15.1. The van der Waals surface area contributed by atoms with Gasteiger partial charge in [0.1, 0.15) is 58.3 Å². The van der Waals surface area contributed by atoms with E-state index in [4.69, 9.17) is 75.8 Å². The highest BCUT2D eigenvalue weighted by Gasteiger charge is 2.48. The molecule has 28 nitrogen and oxygen atoms in total. The number of hydrogen-bond donors (Lipinski definition) is 0. The molecule has 0 aliphatic rings. The monoisotopic (exact) mass is 1460 g/mol. The van der Waals surface area contributed by atoms with Gasteiger partial charge >= 0.3 is 71.6 Å². The Hall–Kier alpha value is -5.12. The SMILES string of the molecule is COCCOC(=O)C(C)(C)CC(C)(CSCC(=O)OCC(COC(=O)CSCC(C)(CC(C)(C)C(=O)OCCOC)C(=O)OC)(COC(=O)CSCC(C)(CC(C)(C)C(=O)OCCOC)C(=O)OC)COC(=O)CSCC(C)(CC(C)(C)C(=O)OCCOC)C(=O)OC)C(=O)OC. The predicted molar refractivity (Wildman–Crippen MR) is 361 cm³/mol. The fourth-order valence-corrected chi connectivity index (χ4v) is 14.4. The first kappa shape index (κ1) is 91.9. The van der Waals surface area contributed by atoms with Gasteiger partial charge < -0.3 is 75.8 Å². The Kier molecular flexibility index (Phi) is 41.9. The van der Waals surface area contributed by atoms with E-state index in [2.05, 4.69) is 0 Å². The number of hydrogen-bond acceptors (Lipinski definition) is 32. The third-order valence-corrected chi connectivity index (χ3v) is 20.2. The molecule has 4 unspecified atom stereocenters. The molecule has 32 heteroatoms. The van der Waals surface area contributed by atoms with Crippen molar-refractivity contribution in [2.75, 3.05) is 182 Å². The Morgan fingerprint density at radius 3 is 0.577 bits per heavy atom. The molecule has 0 bridgehead atoms. The summed E-state index contributed by atoms with van der Waals surface area (Å²) in [6, 6.07) is 0. The average molecular weight is 1470 g/mol. The average Bonchev–Trinajstić information content (AvgIpc) is 0.844. The molecule has 97 heavy (non-hydrogen) atoms. The largest absolute Gasteiger partial charge is 0.469 e. The third kappa shape index (κ3) is 33.3. The van der Waals surface area contributed by atoms with Crippen molar-refractivity contribution in [2.24, 2.45) is 48.7 Å². The highest BCUT2D eigenvalue weighted by Crippen LogP contribution is 2.43. The zero-order chi connectivity index (χ0) is 74.5. The minimum atomic E-state index is -1.91. The number of ether oxygens (including phenoxy) is 16. The molecule has 0 aromatic rings. The van der Waals surface area contributed by atoms with Crippen LogP contribution in [-0.4, -0.2) is 254 Å². The fraction of sp³-hybridized carbons (Fsp3) is 0.815. The minimum Gasteiger partial charge on any atom is -0.469 e. The van der Waals surface area contributed by atoms with Crippen LogP contribution in [0.15, 0.2) is 0 Å². The lowest BCUT2D eigenvalue weighted by molar-refractivity contribution is -0.168. The van der Waals surface area contributed by atoms with Gasteiger partial charge in [0.15, 0.2) is 0 Å². The van der Waals surface area contributed by atoms with E-state index < -0.39 is 170 Å². The van der Waals surface area contributed by atoms with Crippen molar-refractivity contribution >= 4 is 119 Å². The van der Waals surface area contributed by atoms with Crippen molar-refractivity contribution in [1.82, 2.24) is 0 Å². The molecular weight excluding hydrogens is 1360 g/mol. The number of rotatable bonds is 52. The maximum atomic E-state index is 13.9. The van der Waals surface area contributed by atoms with Crippen LogP contribution in [0.3, 0.4) is 0 Å². The molecule has 0 fully saturated rings. The number of methoxy groups -OCH3 is 8. The van der Waals surface area contributed by atoms with E-state index in [1.54, 1.807) is 83.1 Å². The Balaban J connectivity index is 7.56. The van der Waals surface area contributed by atoms with Gasteiger partial charge in [-0.05, 0) is 109 Å². The maximum Gasteiger partial charge on any atom is 0.315 e. The van der Waals surface area contributed by atoms with Crippen molar-refractivity contribution in [1.29, 1.82) is 0 Å². The molecule has 0 spiro atoms. The topological polar surface area (TPSA) is 353 Å². The molecule has 0 saturated heterocycles. The molecule has 0 aromatic heterocycles. The molecule has 0 rings (SSSR count). The van der Waals surface area contributed by atoms with Crippen LogP contribution in [0.1, 0.15) is 109 Å². The lowest BCUT2D eigenvalue weighted by Crippen LogP contribution is -2.44. The summed E-state index contributed by atoms with van der Waals surface area (Å²) in [5.74, 6) is -10.8. The Labute approximate surface area is 588 Å². The molecule has 0 aliphatic heterocycles. The van der Waals surface area contributed by atoms with Gasteiger partial charge in [0, 0.05) is 51.5 Å². The normalized spacial score (nSPS) is 15.0. The minimum absolute atomic E-state index is 0.0326. The van der Waals surface area contributed by atoms with E-state index in [1.807, 2.05) is 0 Å². The number of carbonyl (C=O) groups excluding carboxylic acids is 12. The summed E-state index contributed by atoms with van der Waals surface area (Å²) in [7, 11) is 10.5.